The van der Waals surface area contributed by atoms with Crippen LogP contribution in [0, 0.1) is 0 Å². The molecule has 1 heterocycles. The molecule has 4 nitrogen and oxygen atoms in total. The molecule has 10 heteroatoms. The summed E-state index contributed by atoms with van der Waals surface area (Å²) in [5.41, 5.74) is -3.97. The number of halogens is 3. The van der Waals surface area contributed by atoms with E-state index in [9.17, 15) is 17.7 Å². The number of hydrogen-bond donors (Lipinski definition) is 2. The summed E-state index contributed by atoms with van der Waals surface area (Å²) in [4.78, 5) is 3.88. The van der Waals surface area contributed by atoms with Crippen LogP contribution < -0.4 is 5.32 Å². The number of thioether (sulfide) groups is 2. The monoisotopic (exact) mass is 490 g/mol. The van der Waals surface area contributed by atoms with Gasteiger partial charge in [-0.2, -0.15) is 13.2 Å². The van der Waals surface area contributed by atoms with E-state index in [2.05, 4.69) is 10.2 Å². The molecule has 1 atom stereocenters. The molecule has 0 spiro atoms. The van der Waals surface area contributed by atoms with Gasteiger partial charge in [0.15, 0.2) is 0 Å². The Labute approximate surface area is 193 Å². The third-order valence-electron chi connectivity index (χ3n) is 4.74. The highest BCUT2D eigenvalue weighted by Crippen LogP contribution is 2.42. The predicted molar refractivity (Wildman–Crippen MR) is 123 cm³/mol. The Hall–Kier alpha value is -1.04. The topological polar surface area (TPSA) is 44.7 Å². The van der Waals surface area contributed by atoms with E-state index < -0.39 is 5.51 Å². The summed E-state index contributed by atoms with van der Waals surface area (Å²) in [5, 5.41) is 3.34. The molecule has 0 aromatic heterocycles. The van der Waals surface area contributed by atoms with Gasteiger partial charge < -0.3 is 14.6 Å². The number of alkyl halides is 3. The third-order valence-corrected chi connectivity index (χ3v) is 7.16. The third kappa shape index (κ3) is 8.78. The molecule has 0 bridgehead atoms. The highest BCUT2D eigenvalue weighted by atomic mass is 32.2. The van der Waals surface area contributed by atoms with Crippen LogP contribution in [0.5, 0.6) is 0 Å². The van der Waals surface area contributed by atoms with E-state index in [1.807, 2.05) is 30.3 Å². The van der Waals surface area contributed by atoms with Crippen LogP contribution in [0.15, 0.2) is 63.2 Å². The van der Waals surface area contributed by atoms with Crippen molar-refractivity contribution in [2.45, 2.75) is 32.7 Å². The first-order valence-corrected chi connectivity index (χ1v) is 12.5. The minimum atomic E-state index is -4.41. The van der Waals surface area contributed by atoms with Crippen molar-refractivity contribution in [2.24, 2.45) is 0 Å². The lowest BCUT2D eigenvalue weighted by molar-refractivity contribution is -0.0328. The molecule has 0 unspecified atom stereocenters. The Bertz CT molecular complexity index is 806. The maximum atomic E-state index is 13.1. The molecule has 1 aliphatic heterocycles. The zero-order valence-electron chi connectivity index (χ0n) is 16.8. The number of nitrogens with zero attached hydrogens (tertiary/aromatic N) is 1. The van der Waals surface area contributed by atoms with E-state index in [0.717, 1.165) is 36.7 Å². The first-order chi connectivity index (χ1) is 14.9. The van der Waals surface area contributed by atoms with Gasteiger partial charge in [-0.1, -0.05) is 18.2 Å². The average Bonchev–Trinajstić information content (AvgIpc) is 2.77. The van der Waals surface area contributed by atoms with Crippen molar-refractivity contribution in [3.63, 3.8) is 0 Å². The van der Waals surface area contributed by atoms with Crippen LogP contribution in [0.1, 0.15) is 6.42 Å². The zero-order chi connectivity index (χ0) is 22.1. The molecular weight excluding hydrogens is 465 g/mol. The lowest BCUT2D eigenvalue weighted by atomic mass is 10.2. The Morgan fingerprint density at radius 2 is 1.81 bits per heavy atom. The standard InChI is InChI=1S/C21H25F3N2O2S3/c22-21(23,24)30-20-14-18(31-27)6-7-19(20)25-16(8-9-26-10-12-28-13-11-26)15-29-17-4-2-1-3-5-17/h1-7,14,16,25,27H,8-13,15H2/t16-/m0/s1. The number of hydrogen-bond acceptors (Lipinski definition) is 7. The summed E-state index contributed by atoms with van der Waals surface area (Å²) in [7, 11) is 0. The van der Waals surface area contributed by atoms with Crippen LogP contribution >= 0.6 is 35.6 Å². The maximum Gasteiger partial charge on any atom is 0.446 e. The van der Waals surface area contributed by atoms with Crippen molar-refractivity contribution >= 4 is 41.3 Å². The van der Waals surface area contributed by atoms with Gasteiger partial charge in [-0.15, -0.1) is 11.8 Å². The molecule has 1 fully saturated rings. The van der Waals surface area contributed by atoms with Gasteiger partial charge in [0.1, 0.15) is 0 Å². The molecule has 1 aliphatic rings. The van der Waals surface area contributed by atoms with Crippen LogP contribution in [-0.4, -0.2) is 59.6 Å². The maximum absolute atomic E-state index is 13.1. The van der Waals surface area contributed by atoms with Gasteiger partial charge in [0.25, 0.3) is 0 Å². The second kappa shape index (κ2) is 12.3. The Morgan fingerprint density at radius 1 is 1.06 bits per heavy atom. The highest BCUT2D eigenvalue weighted by Gasteiger charge is 2.31. The van der Waals surface area contributed by atoms with Gasteiger partial charge in [-0.25, -0.2) is 0 Å². The number of ether oxygens (including phenoxy) is 1. The molecule has 2 N–H and O–H groups in total. The number of morpholine rings is 1. The molecule has 0 aliphatic carbocycles. The molecule has 3 rings (SSSR count). The van der Waals surface area contributed by atoms with Gasteiger partial charge in [-0.3, -0.25) is 4.90 Å². The van der Waals surface area contributed by atoms with Crippen molar-refractivity contribution in [3.05, 3.63) is 48.5 Å². The van der Waals surface area contributed by atoms with Crippen molar-refractivity contribution in [3.8, 4) is 0 Å². The van der Waals surface area contributed by atoms with Gasteiger partial charge in [0.05, 0.1) is 13.2 Å². The van der Waals surface area contributed by atoms with E-state index in [4.69, 9.17) is 4.74 Å². The number of nitrogens with one attached hydrogen (secondary N) is 1. The van der Waals surface area contributed by atoms with Crippen molar-refractivity contribution in [1.82, 2.24) is 4.90 Å². The van der Waals surface area contributed by atoms with Crippen LogP contribution in [0.2, 0.25) is 0 Å². The fourth-order valence-corrected chi connectivity index (χ4v) is 5.22. The Morgan fingerprint density at radius 3 is 2.48 bits per heavy atom. The molecule has 0 radical (unpaired) electrons. The summed E-state index contributed by atoms with van der Waals surface area (Å²) in [5.74, 6) is 0.723. The van der Waals surface area contributed by atoms with Crippen LogP contribution in [0.4, 0.5) is 18.9 Å². The molecular formula is C21H25F3N2O2S3. The zero-order valence-corrected chi connectivity index (χ0v) is 19.3. The summed E-state index contributed by atoms with van der Waals surface area (Å²) in [6, 6.07) is 14.5. The second-order valence-corrected chi connectivity index (χ2v) is 9.86. The molecule has 2 aromatic carbocycles. The summed E-state index contributed by atoms with van der Waals surface area (Å²) >= 11 is 1.96. The van der Waals surface area contributed by atoms with E-state index in [1.165, 1.54) is 6.07 Å². The number of rotatable bonds is 10. The van der Waals surface area contributed by atoms with E-state index in [1.54, 1.807) is 23.9 Å². The molecule has 170 valence electrons. The smallest absolute Gasteiger partial charge is 0.381 e. The first kappa shape index (κ1) is 24.6. The van der Waals surface area contributed by atoms with E-state index in [0.29, 0.717) is 35.8 Å². The minimum absolute atomic E-state index is 0.0201. The highest BCUT2D eigenvalue weighted by molar-refractivity contribution is 8.00. The van der Waals surface area contributed by atoms with E-state index in [-0.39, 0.29) is 22.7 Å². The fourth-order valence-electron chi connectivity index (χ4n) is 3.18. The van der Waals surface area contributed by atoms with Gasteiger partial charge >= 0.3 is 5.51 Å². The van der Waals surface area contributed by atoms with Crippen molar-refractivity contribution in [1.29, 1.82) is 0 Å². The molecule has 0 amide bonds. The quantitative estimate of drug-likeness (QED) is 0.306. The molecule has 31 heavy (non-hydrogen) atoms. The summed E-state index contributed by atoms with van der Waals surface area (Å²) in [6.07, 6.45) is 0.798. The largest absolute Gasteiger partial charge is 0.446 e. The summed E-state index contributed by atoms with van der Waals surface area (Å²) in [6.45, 7) is 4.02. The van der Waals surface area contributed by atoms with Gasteiger partial charge in [-0.05, 0) is 48.5 Å². The lowest BCUT2D eigenvalue weighted by Crippen LogP contribution is -2.39. The molecule has 0 saturated carbocycles. The summed E-state index contributed by atoms with van der Waals surface area (Å²) < 4.78 is 54.0. The molecule has 2 aromatic rings. The van der Waals surface area contributed by atoms with Crippen molar-refractivity contribution < 1.29 is 22.5 Å². The van der Waals surface area contributed by atoms with Crippen molar-refractivity contribution in [2.75, 3.05) is 43.9 Å². The number of anilines is 1. The first-order valence-electron chi connectivity index (χ1n) is 9.88. The van der Waals surface area contributed by atoms with Gasteiger partial charge in [0, 0.05) is 63.8 Å². The second-order valence-electron chi connectivity index (χ2n) is 7.01. The normalized spacial score (nSPS) is 16.3. The van der Waals surface area contributed by atoms with Gasteiger partial charge in [0.2, 0.25) is 0 Å². The van der Waals surface area contributed by atoms with Crippen LogP contribution in [0.3, 0.4) is 0 Å². The average molecular weight is 491 g/mol. The van der Waals surface area contributed by atoms with Crippen LogP contribution in [0.25, 0.3) is 0 Å². The predicted octanol–water partition coefficient (Wildman–Crippen LogP) is 6.16. The Balaban J connectivity index is 1.72. The Kier molecular flexibility index (Phi) is 9.73. The number of benzene rings is 2. The fraction of sp³-hybridized carbons (Fsp3) is 0.429. The van der Waals surface area contributed by atoms with Crippen LogP contribution in [-0.2, 0) is 4.74 Å². The van der Waals surface area contributed by atoms with E-state index >= 15 is 0 Å². The molecule has 1 saturated heterocycles. The lowest BCUT2D eigenvalue weighted by Gasteiger charge is -2.29. The SMILES string of the molecule is OSc1ccc(N[C@@H](CCN2CCOCC2)CSc2ccccc2)c(SC(F)(F)F)c1. The minimum Gasteiger partial charge on any atom is -0.381 e.